The summed E-state index contributed by atoms with van der Waals surface area (Å²) < 4.78 is 16.7. The maximum atomic E-state index is 10.6. The zero-order chi connectivity index (χ0) is 18.7. The first kappa shape index (κ1) is 17.8. The van der Waals surface area contributed by atoms with Crippen LogP contribution in [0.25, 0.3) is 6.08 Å². The minimum Gasteiger partial charge on any atom is -0.504 e. The molecule has 0 spiro atoms. The number of aldehydes is 1. The number of phenols is 1. The lowest BCUT2D eigenvalue weighted by Crippen LogP contribution is -2.13. The van der Waals surface area contributed by atoms with E-state index in [4.69, 9.17) is 14.2 Å². The number of hydrogen-bond acceptors (Lipinski definition) is 6. The molecule has 0 aromatic heterocycles. The Bertz CT molecular complexity index is 842. The lowest BCUT2D eigenvalue weighted by atomic mass is 9.90. The van der Waals surface area contributed by atoms with E-state index in [-0.39, 0.29) is 18.3 Å². The molecule has 0 fully saturated rings. The molecule has 2 aromatic rings. The van der Waals surface area contributed by atoms with Crippen LogP contribution in [0.1, 0.15) is 28.7 Å². The third-order valence-corrected chi connectivity index (χ3v) is 4.43. The van der Waals surface area contributed by atoms with E-state index in [0.717, 1.165) is 16.7 Å². The first-order valence-corrected chi connectivity index (χ1v) is 8.11. The summed E-state index contributed by atoms with van der Waals surface area (Å²) in [6.45, 7) is -0.134. The van der Waals surface area contributed by atoms with Gasteiger partial charge in [0.15, 0.2) is 23.0 Å². The second-order valence-electron chi connectivity index (χ2n) is 5.90. The maximum Gasteiger partial charge on any atom is 0.165 e. The van der Waals surface area contributed by atoms with E-state index in [0.29, 0.717) is 23.5 Å². The van der Waals surface area contributed by atoms with E-state index in [1.165, 1.54) is 26.4 Å². The number of benzene rings is 2. The van der Waals surface area contributed by atoms with E-state index in [1.807, 2.05) is 6.07 Å². The van der Waals surface area contributed by atoms with Crippen molar-refractivity contribution in [3.8, 4) is 23.0 Å². The van der Waals surface area contributed by atoms with Crippen molar-refractivity contribution < 1.29 is 29.2 Å². The van der Waals surface area contributed by atoms with Gasteiger partial charge in [0.2, 0.25) is 0 Å². The van der Waals surface area contributed by atoms with Gasteiger partial charge in [0.05, 0.1) is 26.7 Å². The molecule has 26 heavy (non-hydrogen) atoms. The zero-order valence-corrected chi connectivity index (χ0v) is 14.5. The molecule has 2 unspecified atom stereocenters. The Labute approximate surface area is 151 Å². The molecule has 2 N–H and O–H groups in total. The van der Waals surface area contributed by atoms with Crippen LogP contribution in [-0.4, -0.2) is 37.3 Å². The predicted octanol–water partition coefficient (Wildman–Crippen LogP) is 2.83. The minimum atomic E-state index is -0.455. The monoisotopic (exact) mass is 356 g/mol. The molecule has 2 atom stereocenters. The highest BCUT2D eigenvalue weighted by Crippen LogP contribution is 2.51. The van der Waals surface area contributed by atoms with Crippen molar-refractivity contribution in [2.45, 2.75) is 12.0 Å². The molecular weight excluding hydrogens is 336 g/mol. The number of allylic oxidation sites excluding steroid dienone is 1. The molecule has 1 heterocycles. The van der Waals surface area contributed by atoms with Gasteiger partial charge in [-0.1, -0.05) is 12.1 Å². The highest BCUT2D eigenvalue weighted by molar-refractivity contribution is 5.75. The van der Waals surface area contributed by atoms with Crippen molar-refractivity contribution in [1.29, 1.82) is 0 Å². The van der Waals surface area contributed by atoms with E-state index in [9.17, 15) is 15.0 Å². The number of carbonyl (C=O) groups is 1. The lowest BCUT2D eigenvalue weighted by molar-refractivity contribution is -0.104. The molecular formula is C20H20O6. The summed E-state index contributed by atoms with van der Waals surface area (Å²) in [5.41, 5.74) is 2.34. The smallest absolute Gasteiger partial charge is 0.165 e. The van der Waals surface area contributed by atoms with Crippen molar-refractivity contribution in [1.82, 2.24) is 0 Å². The van der Waals surface area contributed by atoms with Gasteiger partial charge in [-0.25, -0.2) is 0 Å². The van der Waals surface area contributed by atoms with Gasteiger partial charge >= 0.3 is 0 Å². The quantitative estimate of drug-likeness (QED) is 0.612. The molecule has 0 aliphatic carbocycles. The van der Waals surface area contributed by atoms with Gasteiger partial charge in [0, 0.05) is 5.56 Å². The number of aliphatic hydroxyl groups is 1. The molecule has 0 radical (unpaired) electrons. The lowest BCUT2D eigenvalue weighted by Gasteiger charge is -2.18. The fraction of sp³-hybridized carbons (Fsp3) is 0.250. The molecule has 0 saturated heterocycles. The van der Waals surface area contributed by atoms with E-state index >= 15 is 0 Å². The number of rotatable bonds is 6. The zero-order valence-electron chi connectivity index (χ0n) is 14.5. The standard InChI is InChI=1S/C20H20O6/c1-24-17-10-13(5-6-16(17)23)19-15(11-22)14-8-12(4-3-7-21)9-18(25-2)20(14)26-19/h3-10,15,19,22-23H,11H2,1-2H3. The van der Waals surface area contributed by atoms with Gasteiger partial charge in [0.25, 0.3) is 0 Å². The maximum absolute atomic E-state index is 10.6. The number of phenolic OH excluding ortho intramolecular Hbond substituents is 1. The van der Waals surface area contributed by atoms with Crippen LogP contribution in [0.2, 0.25) is 0 Å². The molecule has 0 saturated carbocycles. The fourth-order valence-corrected chi connectivity index (χ4v) is 3.18. The number of ether oxygens (including phenoxy) is 3. The Morgan fingerprint density at radius 3 is 2.58 bits per heavy atom. The molecule has 6 heteroatoms. The van der Waals surface area contributed by atoms with Crippen molar-refractivity contribution in [2.24, 2.45) is 0 Å². The van der Waals surface area contributed by atoms with Crippen LogP contribution in [-0.2, 0) is 4.79 Å². The molecule has 1 aliphatic heterocycles. The van der Waals surface area contributed by atoms with E-state index in [1.54, 1.807) is 24.3 Å². The van der Waals surface area contributed by atoms with Gasteiger partial charge in [0.1, 0.15) is 12.4 Å². The Morgan fingerprint density at radius 1 is 1.15 bits per heavy atom. The summed E-state index contributed by atoms with van der Waals surface area (Å²) in [5, 5.41) is 19.8. The number of hydrogen-bond donors (Lipinski definition) is 2. The van der Waals surface area contributed by atoms with Gasteiger partial charge in [-0.3, -0.25) is 4.79 Å². The number of methoxy groups -OCH3 is 2. The summed E-state index contributed by atoms with van der Waals surface area (Å²) in [6.07, 6.45) is 3.31. The van der Waals surface area contributed by atoms with Crippen LogP contribution in [0.3, 0.4) is 0 Å². The van der Waals surface area contributed by atoms with Gasteiger partial charge < -0.3 is 24.4 Å². The Morgan fingerprint density at radius 2 is 1.92 bits per heavy atom. The van der Waals surface area contributed by atoms with E-state index in [2.05, 4.69) is 0 Å². The number of aromatic hydroxyl groups is 1. The van der Waals surface area contributed by atoms with Crippen LogP contribution in [0.4, 0.5) is 0 Å². The third kappa shape index (κ3) is 3.11. The van der Waals surface area contributed by atoms with E-state index < -0.39 is 6.10 Å². The van der Waals surface area contributed by atoms with Crippen LogP contribution in [0, 0.1) is 0 Å². The van der Waals surface area contributed by atoms with Gasteiger partial charge in [-0.2, -0.15) is 0 Å². The second kappa shape index (κ2) is 7.49. The predicted molar refractivity (Wildman–Crippen MR) is 95.9 cm³/mol. The average Bonchev–Trinajstić information content (AvgIpc) is 3.04. The van der Waals surface area contributed by atoms with Crippen molar-refractivity contribution in [2.75, 3.05) is 20.8 Å². The topological polar surface area (TPSA) is 85.2 Å². The molecule has 2 aromatic carbocycles. The van der Waals surface area contributed by atoms with Gasteiger partial charge in [-0.05, 0) is 41.5 Å². The largest absolute Gasteiger partial charge is 0.504 e. The van der Waals surface area contributed by atoms with Crippen molar-refractivity contribution >= 4 is 12.4 Å². The first-order valence-electron chi connectivity index (χ1n) is 8.11. The first-order chi connectivity index (χ1) is 12.6. The van der Waals surface area contributed by atoms with Crippen LogP contribution < -0.4 is 14.2 Å². The third-order valence-electron chi connectivity index (χ3n) is 4.43. The average molecular weight is 356 g/mol. The number of aliphatic hydroxyl groups excluding tert-OH is 1. The molecule has 6 nitrogen and oxygen atoms in total. The summed E-state index contributed by atoms with van der Waals surface area (Å²) >= 11 is 0. The molecule has 3 rings (SSSR count). The molecule has 0 bridgehead atoms. The second-order valence-corrected chi connectivity index (χ2v) is 5.90. The Kier molecular flexibility index (Phi) is 5.14. The Hall–Kier alpha value is -2.99. The van der Waals surface area contributed by atoms with Crippen LogP contribution >= 0.6 is 0 Å². The normalized spacial score (nSPS) is 18.4. The SMILES string of the molecule is COc1cc(C2Oc3c(OC)cc(C=CC=O)cc3C2CO)ccc1O. The van der Waals surface area contributed by atoms with Gasteiger partial charge in [-0.15, -0.1) is 0 Å². The fourth-order valence-electron chi connectivity index (χ4n) is 3.18. The van der Waals surface area contributed by atoms with Crippen LogP contribution in [0.15, 0.2) is 36.4 Å². The molecule has 0 amide bonds. The number of carbonyl (C=O) groups excluding carboxylic acids is 1. The number of fused-ring (bicyclic) bond motifs is 1. The Balaban J connectivity index is 2.06. The minimum absolute atomic E-state index is 0.0335. The summed E-state index contributed by atoms with van der Waals surface area (Å²) in [5.74, 6) is 1.14. The molecule has 1 aliphatic rings. The van der Waals surface area contributed by atoms with Crippen molar-refractivity contribution in [3.63, 3.8) is 0 Å². The van der Waals surface area contributed by atoms with Crippen molar-refractivity contribution in [3.05, 3.63) is 53.1 Å². The highest BCUT2D eigenvalue weighted by Gasteiger charge is 2.37. The summed E-state index contributed by atoms with van der Waals surface area (Å²) in [4.78, 5) is 10.6. The van der Waals surface area contributed by atoms with Crippen LogP contribution in [0.5, 0.6) is 23.0 Å². The summed E-state index contributed by atoms with van der Waals surface area (Å²) in [6, 6.07) is 8.60. The molecule has 136 valence electrons. The summed E-state index contributed by atoms with van der Waals surface area (Å²) in [7, 11) is 3.01. The highest BCUT2D eigenvalue weighted by atomic mass is 16.5.